The molecule has 0 aliphatic carbocycles. The molecule has 0 bridgehead atoms. The summed E-state index contributed by atoms with van der Waals surface area (Å²) in [5.74, 6) is 1.34. The Morgan fingerprint density at radius 1 is 1.21 bits per heavy atom. The number of nitrogens with one attached hydrogen (secondary N) is 1. The van der Waals surface area contributed by atoms with Crippen molar-refractivity contribution in [3.8, 4) is 0 Å². The van der Waals surface area contributed by atoms with Crippen LogP contribution in [0, 0.1) is 11.8 Å². The average Bonchev–Trinajstić information content (AvgIpc) is 2.65. The predicted octanol–water partition coefficient (Wildman–Crippen LogP) is 2.66. The number of carbonyl (C=O) groups excluding carboxylic acids is 1. The highest BCUT2D eigenvalue weighted by atomic mass is 16.2. The number of likely N-dealkylation sites (tertiary alicyclic amines) is 1. The molecule has 1 aliphatic rings. The van der Waals surface area contributed by atoms with Crippen molar-refractivity contribution in [3.05, 3.63) is 40.9 Å². The third-order valence-electron chi connectivity index (χ3n) is 5.75. The van der Waals surface area contributed by atoms with E-state index in [-0.39, 0.29) is 23.4 Å². The van der Waals surface area contributed by atoms with Crippen molar-refractivity contribution in [1.82, 2.24) is 19.8 Å². The number of rotatable bonds is 6. The molecular weight excluding hydrogens is 352 g/mol. The molecule has 0 saturated carbocycles. The first-order valence-electron chi connectivity index (χ1n) is 10.2. The number of piperidine rings is 1. The second-order valence-corrected chi connectivity index (χ2v) is 8.95. The van der Waals surface area contributed by atoms with Gasteiger partial charge in [0.25, 0.3) is 5.56 Å². The minimum absolute atomic E-state index is 0.0359. The zero-order valence-corrected chi connectivity index (χ0v) is 17.4. The van der Waals surface area contributed by atoms with Gasteiger partial charge in [-0.3, -0.25) is 19.1 Å². The molecule has 2 atom stereocenters. The number of fused-ring (bicyclic) bond motifs is 1. The molecule has 1 fully saturated rings. The lowest BCUT2D eigenvalue weighted by Gasteiger charge is -2.45. The van der Waals surface area contributed by atoms with Crippen LogP contribution in [0.5, 0.6) is 0 Å². The topological polar surface area (TPSA) is 67.2 Å². The molecular formula is C22H32N4O2. The van der Waals surface area contributed by atoms with Crippen molar-refractivity contribution >= 4 is 16.8 Å². The predicted molar refractivity (Wildman–Crippen MR) is 112 cm³/mol. The van der Waals surface area contributed by atoms with Gasteiger partial charge in [0.05, 0.1) is 17.2 Å². The monoisotopic (exact) mass is 384 g/mol. The Hall–Kier alpha value is -2.21. The lowest BCUT2D eigenvalue weighted by Crippen LogP contribution is -2.56. The number of carbonyl (C=O) groups is 1. The number of amides is 1. The largest absolute Gasteiger partial charge is 0.354 e. The molecule has 1 aliphatic heterocycles. The van der Waals surface area contributed by atoms with Crippen molar-refractivity contribution in [2.24, 2.45) is 11.8 Å². The molecule has 0 spiro atoms. The number of para-hydroxylation sites is 1. The smallest absolute Gasteiger partial charge is 0.261 e. The van der Waals surface area contributed by atoms with Gasteiger partial charge in [0, 0.05) is 38.1 Å². The molecule has 2 aromatic rings. The van der Waals surface area contributed by atoms with Crippen LogP contribution in [0.1, 0.15) is 40.5 Å². The van der Waals surface area contributed by atoms with Gasteiger partial charge in [-0.05, 0) is 44.2 Å². The molecule has 152 valence electrons. The van der Waals surface area contributed by atoms with E-state index in [9.17, 15) is 9.59 Å². The van der Waals surface area contributed by atoms with Gasteiger partial charge in [-0.15, -0.1) is 0 Å². The average molecular weight is 385 g/mol. The van der Waals surface area contributed by atoms with Crippen molar-refractivity contribution in [3.63, 3.8) is 0 Å². The Morgan fingerprint density at radius 3 is 2.61 bits per heavy atom. The van der Waals surface area contributed by atoms with Crippen LogP contribution in [0.25, 0.3) is 10.9 Å². The number of nitrogens with zero attached hydrogens (tertiary/aromatic N) is 3. The van der Waals surface area contributed by atoms with Crippen LogP contribution in [0.3, 0.4) is 0 Å². The van der Waals surface area contributed by atoms with E-state index < -0.39 is 0 Å². The molecule has 1 saturated heterocycles. The molecule has 2 heterocycles. The Bertz CT molecular complexity index is 879. The maximum Gasteiger partial charge on any atom is 0.261 e. The van der Waals surface area contributed by atoms with E-state index >= 15 is 0 Å². The molecule has 28 heavy (non-hydrogen) atoms. The maximum absolute atomic E-state index is 12.5. The molecule has 1 aromatic carbocycles. The van der Waals surface area contributed by atoms with Crippen LogP contribution in [-0.4, -0.2) is 45.5 Å². The van der Waals surface area contributed by atoms with Crippen LogP contribution < -0.4 is 10.9 Å². The van der Waals surface area contributed by atoms with Gasteiger partial charge in [-0.25, -0.2) is 4.98 Å². The number of benzene rings is 1. The minimum Gasteiger partial charge on any atom is -0.354 e. The fourth-order valence-corrected chi connectivity index (χ4v) is 4.16. The van der Waals surface area contributed by atoms with Crippen LogP contribution in [0.2, 0.25) is 0 Å². The molecule has 1 aromatic heterocycles. The van der Waals surface area contributed by atoms with E-state index in [1.54, 1.807) is 6.07 Å². The Morgan fingerprint density at radius 2 is 1.89 bits per heavy atom. The van der Waals surface area contributed by atoms with Crippen molar-refractivity contribution in [2.45, 2.75) is 52.6 Å². The van der Waals surface area contributed by atoms with Crippen LogP contribution >= 0.6 is 0 Å². The van der Waals surface area contributed by atoms with Crippen LogP contribution in [-0.2, 0) is 11.3 Å². The summed E-state index contributed by atoms with van der Waals surface area (Å²) in [7, 11) is 0. The summed E-state index contributed by atoms with van der Waals surface area (Å²) < 4.78 is 1.51. The first-order chi connectivity index (χ1) is 13.3. The van der Waals surface area contributed by atoms with Gasteiger partial charge in [0.2, 0.25) is 5.91 Å². The number of hydrogen-bond acceptors (Lipinski definition) is 4. The minimum atomic E-state index is -0.102. The zero-order valence-electron chi connectivity index (χ0n) is 17.4. The zero-order chi connectivity index (χ0) is 20.3. The Labute approximate surface area is 166 Å². The van der Waals surface area contributed by atoms with E-state index in [1.165, 1.54) is 17.3 Å². The van der Waals surface area contributed by atoms with Crippen LogP contribution in [0.15, 0.2) is 35.4 Å². The van der Waals surface area contributed by atoms with E-state index in [4.69, 9.17) is 0 Å². The highest BCUT2D eigenvalue weighted by Gasteiger charge is 2.32. The number of aryl methyl sites for hydroxylation is 1. The molecule has 6 nitrogen and oxygen atoms in total. The van der Waals surface area contributed by atoms with E-state index in [0.29, 0.717) is 35.8 Å². The lowest BCUT2D eigenvalue weighted by atomic mass is 9.88. The maximum atomic E-state index is 12.5. The number of hydrogen-bond donors (Lipinski definition) is 1. The number of aromatic nitrogens is 2. The second-order valence-electron chi connectivity index (χ2n) is 8.95. The normalized spacial score (nSPS) is 21.0. The molecule has 1 amide bonds. The second kappa shape index (κ2) is 8.43. The standard InChI is InChI=1S/C22H32N4O2/c1-16-11-17(2)13-26(12-16)22(3,4)14-23-20(27)9-10-25-15-24-19-8-6-5-7-18(19)21(25)28/h5-8,15-17H,9-14H2,1-4H3,(H,23,27). The third-order valence-corrected chi connectivity index (χ3v) is 5.75. The highest BCUT2D eigenvalue weighted by Crippen LogP contribution is 2.26. The molecule has 2 unspecified atom stereocenters. The van der Waals surface area contributed by atoms with E-state index in [2.05, 4.69) is 42.9 Å². The Kier molecular flexibility index (Phi) is 6.18. The summed E-state index contributed by atoms with van der Waals surface area (Å²) in [6.07, 6.45) is 3.06. The van der Waals surface area contributed by atoms with Gasteiger partial charge in [0.15, 0.2) is 0 Å². The highest BCUT2D eigenvalue weighted by molar-refractivity contribution is 5.77. The van der Waals surface area contributed by atoms with Gasteiger partial charge < -0.3 is 5.32 Å². The molecule has 6 heteroatoms. The summed E-state index contributed by atoms with van der Waals surface area (Å²) in [5, 5.41) is 3.64. The molecule has 0 radical (unpaired) electrons. The lowest BCUT2D eigenvalue weighted by molar-refractivity contribution is -0.122. The SMILES string of the molecule is CC1CC(C)CN(C(C)(C)CNC(=O)CCn2cnc3ccccc3c2=O)C1. The fourth-order valence-electron chi connectivity index (χ4n) is 4.16. The van der Waals surface area contributed by atoms with Crippen LogP contribution in [0.4, 0.5) is 0 Å². The van der Waals surface area contributed by atoms with Crippen molar-refractivity contribution in [1.29, 1.82) is 0 Å². The van der Waals surface area contributed by atoms with E-state index in [1.807, 2.05) is 18.2 Å². The summed E-state index contributed by atoms with van der Waals surface area (Å²) >= 11 is 0. The van der Waals surface area contributed by atoms with Gasteiger partial charge in [-0.1, -0.05) is 26.0 Å². The first kappa shape index (κ1) is 20.5. The fraction of sp³-hybridized carbons (Fsp3) is 0.591. The summed E-state index contributed by atoms with van der Waals surface area (Å²) in [5.41, 5.74) is 0.495. The quantitative estimate of drug-likeness (QED) is 0.831. The van der Waals surface area contributed by atoms with Gasteiger partial charge >= 0.3 is 0 Å². The summed E-state index contributed by atoms with van der Waals surface area (Å²) in [6, 6.07) is 7.27. The van der Waals surface area contributed by atoms with Crippen molar-refractivity contribution in [2.75, 3.05) is 19.6 Å². The summed E-state index contributed by atoms with van der Waals surface area (Å²) in [6.45, 7) is 12.1. The van der Waals surface area contributed by atoms with Gasteiger partial charge in [0.1, 0.15) is 0 Å². The van der Waals surface area contributed by atoms with Gasteiger partial charge in [-0.2, -0.15) is 0 Å². The van der Waals surface area contributed by atoms with E-state index in [0.717, 1.165) is 13.1 Å². The molecule has 1 N–H and O–H groups in total. The molecule has 3 rings (SSSR count). The summed E-state index contributed by atoms with van der Waals surface area (Å²) in [4.78, 5) is 31.7. The first-order valence-corrected chi connectivity index (χ1v) is 10.2. The third kappa shape index (κ3) is 4.79. The Balaban J connectivity index is 1.54. The van der Waals surface area contributed by atoms with Crippen molar-refractivity contribution < 1.29 is 4.79 Å².